The van der Waals surface area contributed by atoms with E-state index in [4.69, 9.17) is 9.47 Å². The lowest BCUT2D eigenvalue weighted by molar-refractivity contribution is -0.177. The summed E-state index contributed by atoms with van der Waals surface area (Å²) in [5, 5.41) is 10.5. The van der Waals surface area contributed by atoms with Crippen molar-refractivity contribution >= 4 is 0 Å². The standard InChI is InChI=1S/C19H33NO3/c1-13-9-20(10-14(2)23-13)11-18(21)12-22-19-6-15-3-16(7-19)5-17(4-15)8-19/h13-18,21H,3-12H2,1-2H3/t13-,14-,15?,16?,17?,18+,19?/m1/s1. The molecule has 132 valence electrons. The van der Waals surface area contributed by atoms with Gasteiger partial charge in [0.25, 0.3) is 0 Å². The molecule has 4 heteroatoms. The van der Waals surface area contributed by atoms with Crippen molar-refractivity contribution in [2.45, 2.75) is 76.3 Å². The molecule has 0 radical (unpaired) electrons. The van der Waals surface area contributed by atoms with Gasteiger partial charge in [-0.05, 0) is 70.1 Å². The molecule has 23 heavy (non-hydrogen) atoms. The first-order valence-corrected chi connectivity index (χ1v) is 9.69. The molecule has 1 heterocycles. The van der Waals surface area contributed by atoms with Crippen molar-refractivity contribution in [3.8, 4) is 0 Å². The van der Waals surface area contributed by atoms with E-state index in [1.165, 1.54) is 38.5 Å². The summed E-state index contributed by atoms with van der Waals surface area (Å²) in [5.41, 5.74) is 0.112. The van der Waals surface area contributed by atoms with Gasteiger partial charge in [-0.2, -0.15) is 0 Å². The molecule has 0 aromatic carbocycles. The van der Waals surface area contributed by atoms with Gasteiger partial charge in [0, 0.05) is 19.6 Å². The van der Waals surface area contributed by atoms with Crippen LogP contribution in [0.5, 0.6) is 0 Å². The fourth-order valence-electron chi connectivity index (χ4n) is 6.27. The van der Waals surface area contributed by atoms with E-state index in [9.17, 15) is 5.11 Å². The number of hydrogen-bond acceptors (Lipinski definition) is 4. The number of rotatable bonds is 5. The van der Waals surface area contributed by atoms with Crippen molar-refractivity contribution in [3.63, 3.8) is 0 Å². The summed E-state index contributed by atoms with van der Waals surface area (Å²) in [6, 6.07) is 0. The van der Waals surface area contributed by atoms with Crippen LogP contribution in [0, 0.1) is 17.8 Å². The maximum atomic E-state index is 10.5. The highest BCUT2D eigenvalue weighted by Crippen LogP contribution is 2.57. The first kappa shape index (κ1) is 16.3. The summed E-state index contributed by atoms with van der Waals surface area (Å²) >= 11 is 0. The van der Waals surface area contributed by atoms with Crippen LogP contribution in [-0.4, -0.2) is 60.2 Å². The minimum absolute atomic E-state index is 0.112. The summed E-state index contributed by atoms with van der Waals surface area (Å²) in [6.45, 7) is 7.27. The van der Waals surface area contributed by atoms with E-state index in [0.29, 0.717) is 13.2 Å². The van der Waals surface area contributed by atoms with Gasteiger partial charge in [0.1, 0.15) is 0 Å². The smallest absolute Gasteiger partial charge is 0.0900 e. The normalized spacial score (nSPS) is 47.9. The fourth-order valence-corrected chi connectivity index (χ4v) is 6.27. The zero-order valence-electron chi connectivity index (χ0n) is 14.7. The van der Waals surface area contributed by atoms with Gasteiger partial charge in [0.2, 0.25) is 0 Å². The Labute approximate surface area is 140 Å². The molecule has 0 amide bonds. The van der Waals surface area contributed by atoms with Gasteiger partial charge in [-0.1, -0.05) is 0 Å². The number of morpholine rings is 1. The Balaban J connectivity index is 1.27. The third-order valence-electron chi connectivity index (χ3n) is 6.53. The molecule has 5 rings (SSSR count). The molecule has 5 aliphatic rings. The van der Waals surface area contributed by atoms with Crippen LogP contribution in [-0.2, 0) is 9.47 Å². The first-order valence-electron chi connectivity index (χ1n) is 9.69. The largest absolute Gasteiger partial charge is 0.389 e. The second kappa shape index (κ2) is 6.29. The van der Waals surface area contributed by atoms with Crippen molar-refractivity contribution in [2.75, 3.05) is 26.2 Å². The Kier molecular flexibility index (Phi) is 4.46. The van der Waals surface area contributed by atoms with Gasteiger partial charge >= 0.3 is 0 Å². The van der Waals surface area contributed by atoms with Crippen LogP contribution in [0.25, 0.3) is 0 Å². The summed E-state index contributed by atoms with van der Waals surface area (Å²) in [4.78, 5) is 2.33. The zero-order chi connectivity index (χ0) is 16.0. The molecule has 0 aromatic heterocycles. The van der Waals surface area contributed by atoms with E-state index >= 15 is 0 Å². The SMILES string of the molecule is C[C@@H]1CN(C[C@H](O)COC23CC4CC(CC(C4)C2)C3)C[C@@H](C)O1. The lowest BCUT2D eigenvalue weighted by atomic mass is 9.54. The van der Waals surface area contributed by atoms with Crippen molar-refractivity contribution in [2.24, 2.45) is 17.8 Å². The molecule has 0 unspecified atom stereocenters. The Morgan fingerprint density at radius 1 is 1.04 bits per heavy atom. The van der Waals surface area contributed by atoms with Crippen LogP contribution >= 0.6 is 0 Å². The molecule has 1 saturated heterocycles. The Morgan fingerprint density at radius 2 is 1.57 bits per heavy atom. The lowest BCUT2D eigenvalue weighted by Crippen LogP contribution is -2.53. The maximum Gasteiger partial charge on any atom is 0.0900 e. The maximum absolute atomic E-state index is 10.5. The van der Waals surface area contributed by atoms with Gasteiger partial charge in [-0.25, -0.2) is 0 Å². The van der Waals surface area contributed by atoms with Crippen molar-refractivity contribution in [1.82, 2.24) is 4.90 Å². The molecule has 4 bridgehead atoms. The van der Waals surface area contributed by atoms with Crippen LogP contribution in [0.15, 0.2) is 0 Å². The number of ether oxygens (including phenoxy) is 2. The molecular formula is C19H33NO3. The molecule has 1 N–H and O–H groups in total. The van der Waals surface area contributed by atoms with Crippen molar-refractivity contribution in [3.05, 3.63) is 0 Å². The number of β-amino-alcohol motifs (C(OH)–C–C–N with tert-alkyl or cyclic N) is 1. The van der Waals surface area contributed by atoms with Crippen LogP contribution in [0.1, 0.15) is 52.4 Å². The minimum atomic E-state index is -0.375. The Hall–Kier alpha value is -0.160. The van der Waals surface area contributed by atoms with E-state index in [2.05, 4.69) is 18.7 Å². The molecule has 4 saturated carbocycles. The van der Waals surface area contributed by atoms with E-state index in [-0.39, 0.29) is 23.9 Å². The third-order valence-corrected chi connectivity index (χ3v) is 6.53. The third kappa shape index (κ3) is 3.60. The second-order valence-electron chi connectivity index (χ2n) is 9.04. The average molecular weight is 323 g/mol. The quantitative estimate of drug-likeness (QED) is 0.844. The molecule has 3 atom stereocenters. The van der Waals surface area contributed by atoms with Crippen molar-refractivity contribution < 1.29 is 14.6 Å². The van der Waals surface area contributed by atoms with Gasteiger partial charge < -0.3 is 14.6 Å². The minimum Gasteiger partial charge on any atom is -0.389 e. The lowest BCUT2D eigenvalue weighted by Gasteiger charge is -2.56. The summed E-state index contributed by atoms with van der Waals surface area (Å²) in [5.74, 6) is 2.71. The molecule has 5 fully saturated rings. The molecule has 4 nitrogen and oxygen atoms in total. The Bertz CT molecular complexity index is 382. The summed E-state index contributed by atoms with van der Waals surface area (Å²) < 4.78 is 12.2. The number of nitrogens with zero attached hydrogens (tertiary/aromatic N) is 1. The highest BCUT2D eigenvalue weighted by Gasteiger charge is 2.51. The Morgan fingerprint density at radius 3 is 2.09 bits per heavy atom. The van der Waals surface area contributed by atoms with Crippen LogP contribution in [0.4, 0.5) is 0 Å². The molecule has 0 aromatic rings. The highest BCUT2D eigenvalue weighted by molar-refractivity contribution is 5.03. The number of aliphatic hydroxyl groups is 1. The molecule has 1 aliphatic heterocycles. The molecule has 0 spiro atoms. The highest BCUT2D eigenvalue weighted by atomic mass is 16.5. The van der Waals surface area contributed by atoms with E-state index < -0.39 is 0 Å². The zero-order valence-corrected chi connectivity index (χ0v) is 14.7. The number of aliphatic hydroxyl groups excluding tert-OH is 1. The monoisotopic (exact) mass is 323 g/mol. The van der Waals surface area contributed by atoms with Gasteiger partial charge in [-0.15, -0.1) is 0 Å². The van der Waals surface area contributed by atoms with Gasteiger partial charge in [-0.3, -0.25) is 4.90 Å². The van der Waals surface area contributed by atoms with Crippen LogP contribution in [0.3, 0.4) is 0 Å². The van der Waals surface area contributed by atoms with Gasteiger partial charge in [0.15, 0.2) is 0 Å². The number of hydrogen-bond donors (Lipinski definition) is 1. The predicted molar refractivity (Wildman–Crippen MR) is 89.3 cm³/mol. The predicted octanol–water partition coefficient (Wildman–Crippen LogP) is 2.44. The molecular weight excluding hydrogens is 290 g/mol. The van der Waals surface area contributed by atoms with E-state index in [0.717, 1.165) is 30.8 Å². The van der Waals surface area contributed by atoms with E-state index in [1.54, 1.807) is 0 Å². The topological polar surface area (TPSA) is 41.9 Å². The fraction of sp³-hybridized carbons (Fsp3) is 1.00. The summed E-state index contributed by atoms with van der Waals surface area (Å²) in [6.07, 6.45) is 8.20. The average Bonchev–Trinajstić information content (AvgIpc) is 2.42. The van der Waals surface area contributed by atoms with Gasteiger partial charge in [0.05, 0.1) is 30.5 Å². The van der Waals surface area contributed by atoms with E-state index in [1.807, 2.05) is 0 Å². The summed E-state index contributed by atoms with van der Waals surface area (Å²) in [7, 11) is 0. The van der Waals surface area contributed by atoms with Crippen molar-refractivity contribution in [1.29, 1.82) is 0 Å². The molecule has 4 aliphatic carbocycles. The second-order valence-corrected chi connectivity index (χ2v) is 9.04. The van der Waals surface area contributed by atoms with Crippen LogP contribution in [0.2, 0.25) is 0 Å². The first-order chi connectivity index (χ1) is 11.0. The van der Waals surface area contributed by atoms with Crippen LogP contribution < -0.4 is 0 Å².